The van der Waals surface area contributed by atoms with Crippen molar-refractivity contribution in [2.24, 2.45) is 11.3 Å². The molecular weight excluding hydrogens is 309 g/mol. The van der Waals surface area contributed by atoms with Crippen LogP contribution in [0, 0.1) is 17.2 Å². The summed E-state index contributed by atoms with van der Waals surface area (Å²) in [6.07, 6.45) is 2.00. The maximum Gasteiger partial charge on any atom is 0.289 e. The minimum Gasteiger partial charge on any atom is -0.396 e. The Morgan fingerprint density at radius 2 is 2.04 bits per heavy atom. The lowest BCUT2D eigenvalue weighted by Crippen LogP contribution is -2.50. The molecule has 1 amide bonds. The zero-order chi connectivity index (χ0) is 17.7. The zero-order valence-electron chi connectivity index (χ0n) is 14.4. The number of hydrogen-bond donors (Lipinski definition) is 1. The topological polar surface area (TPSA) is 57.6 Å². The normalized spacial score (nSPS) is 21.1. The standard InChI is InChI=1S/C19H26FNO3/c1-14(2)10-17(23)18(24)21-9-5-8-19(12-21,13-22)11-15-6-3-4-7-16(15)20/h3-4,6-7,14,22H,5,8-13H2,1-2H3/t19-/m1/s1. The molecule has 0 spiro atoms. The van der Waals surface area contributed by atoms with E-state index in [4.69, 9.17) is 0 Å². The van der Waals surface area contributed by atoms with Crippen molar-refractivity contribution in [3.05, 3.63) is 35.6 Å². The summed E-state index contributed by atoms with van der Waals surface area (Å²) in [4.78, 5) is 26.0. The number of carbonyl (C=O) groups excluding carboxylic acids is 2. The van der Waals surface area contributed by atoms with Gasteiger partial charge < -0.3 is 10.0 Å². The van der Waals surface area contributed by atoms with E-state index in [1.807, 2.05) is 13.8 Å². The number of Topliss-reactive ketones (excluding diaryl/α,β-unsaturated/α-hetero) is 1. The van der Waals surface area contributed by atoms with Crippen molar-refractivity contribution in [2.75, 3.05) is 19.7 Å². The minimum absolute atomic E-state index is 0.132. The van der Waals surface area contributed by atoms with E-state index >= 15 is 0 Å². The molecule has 1 saturated heterocycles. The molecule has 1 aliphatic rings. The lowest BCUT2D eigenvalue weighted by Gasteiger charge is -2.41. The monoisotopic (exact) mass is 335 g/mol. The first-order valence-corrected chi connectivity index (χ1v) is 8.53. The number of aliphatic hydroxyl groups is 1. The highest BCUT2D eigenvalue weighted by atomic mass is 19.1. The molecule has 1 aromatic rings. The second-order valence-electron chi connectivity index (χ2n) is 7.28. The molecule has 1 atom stereocenters. The van der Waals surface area contributed by atoms with E-state index in [2.05, 4.69) is 0 Å². The molecule has 0 bridgehead atoms. The largest absolute Gasteiger partial charge is 0.396 e. The first-order valence-electron chi connectivity index (χ1n) is 8.53. The van der Waals surface area contributed by atoms with Gasteiger partial charge in [-0.15, -0.1) is 0 Å². The van der Waals surface area contributed by atoms with Gasteiger partial charge in [0.1, 0.15) is 5.82 Å². The first kappa shape index (κ1) is 18.6. The highest BCUT2D eigenvalue weighted by Gasteiger charge is 2.38. The zero-order valence-corrected chi connectivity index (χ0v) is 14.4. The molecule has 4 nitrogen and oxygen atoms in total. The predicted octanol–water partition coefficient (Wildman–Crippen LogP) is 2.58. The van der Waals surface area contributed by atoms with Crippen molar-refractivity contribution in [2.45, 2.75) is 39.5 Å². The van der Waals surface area contributed by atoms with Gasteiger partial charge in [0.05, 0.1) is 6.61 Å². The van der Waals surface area contributed by atoms with Crippen LogP contribution < -0.4 is 0 Å². The predicted molar refractivity (Wildman–Crippen MR) is 89.9 cm³/mol. The number of halogens is 1. The minimum atomic E-state index is -0.589. The van der Waals surface area contributed by atoms with Gasteiger partial charge in [-0.05, 0) is 36.8 Å². The average molecular weight is 335 g/mol. The summed E-state index contributed by atoms with van der Waals surface area (Å²) in [6, 6.07) is 6.50. The van der Waals surface area contributed by atoms with Gasteiger partial charge in [0, 0.05) is 24.9 Å². The van der Waals surface area contributed by atoms with Gasteiger partial charge in [-0.25, -0.2) is 4.39 Å². The summed E-state index contributed by atoms with van der Waals surface area (Å²) < 4.78 is 14.0. The molecule has 1 aromatic carbocycles. The van der Waals surface area contributed by atoms with Crippen molar-refractivity contribution in [1.29, 1.82) is 0 Å². The molecule has 0 saturated carbocycles. The smallest absolute Gasteiger partial charge is 0.289 e. The Labute approximate surface area is 142 Å². The van der Waals surface area contributed by atoms with Crippen LogP contribution >= 0.6 is 0 Å². The Morgan fingerprint density at radius 3 is 2.67 bits per heavy atom. The summed E-state index contributed by atoms with van der Waals surface area (Å²) in [5.41, 5.74) is -0.0526. The van der Waals surface area contributed by atoms with Crippen LogP contribution in [0.3, 0.4) is 0 Å². The average Bonchev–Trinajstić information content (AvgIpc) is 2.56. The number of ketones is 1. The molecule has 0 aromatic heterocycles. The van der Waals surface area contributed by atoms with E-state index in [1.54, 1.807) is 18.2 Å². The second kappa shape index (κ2) is 7.88. The van der Waals surface area contributed by atoms with E-state index < -0.39 is 11.3 Å². The van der Waals surface area contributed by atoms with E-state index in [0.29, 0.717) is 37.9 Å². The first-order chi connectivity index (χ1) is 11.4. The van der Waals surface area contributed by atoms with Gasteiger partial charge in [-0.1, -0.05) is 32.0 Å². The number of rotatable bonds is 6. The SMILES string of the molecule is CC(C)CC(=O)C(=O)N1CCC[C@@](CO)(Cc2ccccc2F)C1. The maximum atomic E-state index is 14.0. The van der Waals surface area contributed by atoms with Gasteiger partial charge in [0.2, 0.25) is 5.78 Å². The number of amides is 1. The molecule has 0 radical (unpaired) electrons. The fraction of sp³-hybridized carbons (Fsp3) is 0.579. The third kappa shape index (κ3) is 4.41. The van der Waals surface area contributed by atoms with Crippen molar-refractivity contribution in [3.63, 3.8) is 0 Å². The van der Waals surface area contributed by atoms with Crippen molar-refractivity contribution < 1.29 is 19.1 Å². The van der Waals surface area contributed by atoms with Crippen LogP contribution in [0.15, 0.2) is 24.3 Å². The Bertz CT molecular complexity index is 602. The van der Waals surface area contributed by atoms with Crippen LogP contribution in [0.1, 0.15) is 38.7 Å². The highest BCUT2D eigenvalue weighted by Crippen LogP contribution is 2.34. The molecule has 1 N–H and O–H groups in total. The summed E-state index contributed by atoms with van der Waals surface area (Å²) in [5.74, 6) is -1.03. The third-order valence-corrected chi connectivity index (χ3v) is 4.64. The molecule has 1 aliphatic heterocycles. The van der Waals surface area contributed by atoms with Gasteiger partial charge >= 0.3 is 0 Å². The van der Waals surface area contributed by atoms with Crippen molar-refractivity contribution in [1.82, 2.24) is 4.90 Å². The number of carbonyl (C=O) groups is 2. The van der Waals surface area contributed by atoms with E-state index in [0.717, 1.165) is 0 Å². The number of aliphatic hydroxyl groups excluding tert-OH is 1. The van der Waals surface area contributed by atoms with Gasteiger partial charge in [0.25, 0.3) is 5.91 Å². The lowest BCUT2D eigenvalue weighted by atomic mass is 9.75. The number of nitrogens with zero attached hydrogens (tertiary/aromatic N) is 1. The number of benzene rings is 1. The molecule has 24 heavy (non-hydrogen) atoms. The highest BCUT2D eigenvalue weighted by molar-refractivity contribution is 6.36. The number of piperidine rings is 1. The molecule has 0 unspecified atom stereocenters. The quantitative estimate of drug-likeness (QED) is 0.813. The summed E-state index contributed by atoms with van der Waals surface area (Å²) in [5, 5.41) is 9.93. The Morgan fingerprint density at radius 1 is 1.33 bits per heavy atom. The Balaban J connectivity index is 2.12. The molecule has 2 rings (SSSR count). The number of likely N-dealkylation sites (tertiary alicyclic amines) is 1. The maximum absolute atomic E-state index is 14.0. The Hall–Kier alpha value is -1.75. The van der Waals surface area contributed by atoms with E-state index in [9.17, 15) is 19.1 Å². The van der Waals surface area contributed by atoms with Crippen molar-refractivity contribution in [3.8, 4) is 0 Å². The third-order valence-electron chi connectivity index (χ3n) is 4.64. The van der Waals surface area contributed by atoms with Crippen LogP contribution in [-0.4, -0.2) is 41.4 Å². The fourth-order valence-electron chi connectivity index (χ4n) is 3.39. The Kier molecular flexibility index (Phi) is 6.10. The summed E-state index contributed by atoms with van der Waals surface area (Å²) >= 11 is 0. The number of hydrogen-bond acceptors (Lipinski definition) is 3. The van der Waals surface area contributed by atoms with Crippen LogP contribution in [0.5, 0.6) is 0 Å². The summed E-state index contributed by atoms with van der Waals surface area (Å²) in [6.45, 7) is 4.47. The molecule has 0 aliphatic carbocycles. The van der Waals surface area contributed by atoms with Crippen LogP contribution in [0.25, 0.3) is 0 Å². The van der Waals surface area contributed by atoms with Crippen LogP contribution in [0.2, 0.25) is 0 Å². The van der Waals surface area contributed by atoms with Crippen LogP contribution in [0.4, 0.5) is 4.39 Å². The lowest BCUT2D eigenvalue weighted by molar-refractivity contribution is -0.148. The van der Waals surface area contributed by atoms with E-state index in [1.165, 1.54) is 11.0 Å². The van der Waals surface area contributed by atoms with Crippen LogP contribution in [-0.2, 0) is 16.0 Å². The molecule has 1 fully saturated rings. The van der Waals surface area contributed by atoms with Crippen molar-refractivity contribution >= 4 is 11.7 Å². The molecule has 132 valence electrons. The molecular formula is C19H26FNO3. The van der Waals surface area contributed by atoms with Gasteiger partial charge in [0.15, 0.2) is 0 Å². The fourth-order valence-corrected chi connectivity index (χ4v) is 3.39. The summed E-state index contributed by atoms with van der Waals surface area (Å²) in [7, 11) is 0. The molecule has 1 heterocycles. The van der Waals surface area contributed by atoms with Gasteiger partial charge in [-0.3, -0.25) is 9.59 Å². The second-order valence-corrected chi connectivity index (χ2v) is 7.28. The molecule has 5 heteroatoms. The van der Waals surface area contributed by atoms with Gasteiger partial charge in [-0.2, -0.15) is 0 Å². The van der Waals surface area contributed by atoms with E-state index in [-0.39, 0.29) is 30.5 Å².